The first-order chi connectivity index (χ1) is 15.0. The molecule has 1 heterocycles. The van der Waals surface area contributed by atoms with Crippen molar-refractivity contribution >= 4 is 23.4 Å². The van der Waals surface area contributed by atoms with Gasteiger partial charge >= 0.3 is 0 Å². The van der Waals surface area contributed by atoms with Crippen molar-refractivity contribution in [1.82, 2.24) is 14.8 Å². The maximum atomic E-state index is 13.5. The van der Waals surface area contributed by atoms with E-state index in [4.69, 9.17) is 0 Å². The highest BCUT2D eigenvalue weighted by atomic mass is 32.2. The minimum Gasteiger partial charge on any atom is -0.325 e. The molecule has 1 N–H and O–H groups in total. The zero-order valence-electron chi connectivity index (χ0n) is 17.2. The first-order valence-corrected chi connectivity index (χ1v) is 10.8. The molecule has 0 bridgehead atoms. The third kappa shape index (κ3) is 5.00. The fraction of sp³-hybridized carbons (Fsp3) is 0.125. The number of rotatable bonds is 6. The molecule has 1 amide bonds. The van der Waals surface area contributed by atoms with E-state index in [9.17, 15) is 9.18 Å². The molecule has 0 saturated carbocycles. The summed E-state index contributed by atoms with van der Waals surface area (Å²) in [7, 11) is 0. The van der Waals surface area contributed by atoms with Crippen LogP contribution >= 0.6 is 11.8 Å². The number of hydrogen-bond acceptors (Lipinski definition) is 4. The molecule has 0 aliphatic carbocycles. The number of halogens is 1. The van der Waals surface area contributed by atoms with Crippen LogP contribution in [0.15, 0.2) is 78.0 Å². The Morgan fingerprint density at radius 1 is 0.968 bits per heavy atom. The van der Waals surface area contributed by atoms with Crippen LogP contribution in [0.2, 0.25) is 0 Å². The molecule has 0 radical (unpaired) electrons. The lowest BCUT2D eigenvalue weighted by atomic mass is 10.1. The first-order valence-electron chi connectivity index (χ1n) is 9.77. The molecule has 7 heteroatoms. The second-order valence-electron chi connectivity index (χ2n) is 7.20. The lowest BCUT2D eigenvalue weighted by molar-refractivity contribution is -0.113. The molecular formula is C24H21FN4OS. The molecule has 0 atom stereocenters. The summed E-state index contributed by atoms with van der Waals surface area (Å²) in [6.45, 7) is 3.99. The van der Waals surface area contributed by atoms with Gasteiger partial charge in [-0.1, -0.05) is 48.2 Å². The van der Waals surface area contributed by atoms with Crippen LogP contribution in [-0.2, 0) is 4.79 Å². The van der Waals surface area contributed by atoms with Gasteiger partial charge in [0, 0.05) is 16.9 Å². The van der Waals surface area contributed by atoms with E-state index in [-0.39, 0.29) is 17.5 Å². The van der Waals surface area contributed by atoms with Gasteiger partial charge in [-0.05, 0) is 61.4 Å². The molecule has 0 aliphatic rings. The zero-order chi connectivity index (χ0) is 21.8. The Bertz CT molecular complexity index is 1190. The average molecular weight is 433 g/mol. The molecule has 0 unspecified atom stereocenters. The number of carbonyl (C=O) groups is 1. The Balaban J connectivity index is 1.58. The van der Waals surface area contributed by atoms with E-state index in [2.05, 4.69) is 21.6 Å². The van der Waals surface area contributed by atoms with Gasteiger partial charge in [-0.3, -0.25) is 9.36 Å². The molecule has 3 aromatic carbocycles. The number of carbonyl (C=O) groups excluding carboxylic acids is 1. The Morgan fingerprint density at radius 2 is 1.65 bits per heavy atom. The van der Waals surface area contributed by atoms with Crippen LogP contribution < -0.4 is 5.32 Å². The molecule has 156 valence electrons. The summed E-state index contributed by atoms with van der Waals surface area (Å²) < 4.78 is 15.3. The topological polar surface area (TPSA) is 59.8 Å². The Morgan fingerprint density at radius 3 is 2.32 bits per heavy atom. The standard InChI is InChI=1S/C24H21FN4OS/c1-16-12-17(2)14-20(13-16)26-22(30)15-31-24-28-27-23(18-6-4-3-5-7-18)29(24)21-10-8-19(25)9-11-21/h3-14H,15H2,1-2H3,(H,26,30). The van der Waals surface area contributed by atoms with E-state index in [1.54, 1.807) is 12.1 Å². The minimum absolute atomic E-state index is 0.134. The number of hydrogen-bond donors (Lipinski definition) is 1. The quantitative estimate of drug-likeness (QED) is 0.413. The van der Waals surface area contributed by atoms with Gasteiger partial charge in [0.2, 0.25) is 5.91 Å². The Kier molecular flexibility index (Phi) is 6.13. The minimum atomic E-state index is -0.319. The maximum absolute atomic E-state index is 13.5. The summed E-state index contributed by atoms with van der Waals surface area (Å²) in [4.78, 5) is 12.5. The van der Waals surface area contributed by atoms with E-state index in [1.165, 1.54) is 23.9 Å². The summed E-state index contributed by atoms with van der Waals surface area (Å²) in [5.41, 5.74) is 4.56. The van der Waals surface area contributed by atoms with Crippen LogP contribution in [0.3, 0.4) is 0 Å². The van der Waals surface area contributed by atoms with Crippen LogP contribution in [0.1, 0.15) is 11.1 Å². The van der Waals surface area contributed by atoms with Crippen molar-refractivity contribution in [3.63, 3.8) is 0 Å². The number of thioether (sulfide) groups is 1. The van der Waals surface area contributed by atoms with Crippen LogP contribution in [0.4, 0.5) is 10.1 Å². The lowest BCUT2D eigenvalue weighted by Gasteiger charge is -2.11. The van der Waals surface area contributed by atoms with Gasteiger partial charge in [0.05, 0.1) is 5.75 Å². The van der Waals surface area contributed by atoms with Gasteiger partial charge in [0.1, 0.15) is 5.82 Å². The molecular weight excluding hydrogens is 411 g/mol. The van der Waals surface area contributed by atoms with Crippen LogP contribution in [0.25, 0.3) is 17.1 Å². The molecule has 5 nitrogen and oxygen atoms in total. The maximum Gasteiger partial charge on any atom is 0.234 e. The smallest absolute Gasteiger partial charge is 0.234 e. The van der Waals surface area contributed by atoms with Gasteiger partial charge in [-0.15, -0.1) is 10.2 Å². The van der Waals surface area contributed by atoms with Crippen molar-refractivity contribution in [1.29, 1.82) is 0 Å². The molecule has 0 fully saturated rings. The molecule has 4 rings (SSSR count). The van der Waals surface area contributed by atoms with Crippen LogP contribution in [-0.4, -0.2) is 26.4 Å². The number of nitrogens with zero attached hydrogens (tertiary/aromatic N) is 3. The molecule has 1 aromatic heterocycles. The highest BCUT2D eigenvalue weighted by Crippen LogP contribution is 2.28. The van der Waals surface area contributed by atoms with Crippen LogP contribution in [0.5, 0.6) is 0 Å². The van der Waals surface area contributed by atoms with Crippen molar-refractivity contribution in [2.24, 2.45) is 0 Å². The number of aryl methyl sites for hydroxylation is 2. The number of anilines is 1. The normalized spacial score (nSPS) is 10.8. The van der Waals surface area contributed by atoms with E-state index in [1.807, 2.05) is 60.9 Å². The van der Waals surface area contributed by atoms with Gasteiger partial charge in [0.25, 0.3) is 0 Å². The van der Waals surface area contributed by atoms with E-state index < -0.39 is 0 Å². The summed E-state index contributed by atoms with van der Waals surface area (Å²) in [6.07, 6.45) is 0. The van der Waals surface area contributed by atoms with Crippen molar-refractivity contribution < 1.29 is 9.18 Å². The number of benzene rings is 3. The lowest BCUT2D eigenvalue weighted by Crippen LogP contribution is -2.14. The van der Waals surface area contributed by atoms with Gasteiger partial charge in [-0.25, -0.2) is 4.39 Å². The number of nitrogens with one attached hydrogen (secondary N) is 1. The zero-order valence-corrected chi connectivity index (χ0v) is 18.0. The predicted octanol–water partition coefficient (Wildman–Crippen LogP) is 5.42. The molecule has 0 aliphatic heterocycles. The second-order valence-corrected chi connectivity index (χ2v) is 8.14. The predicted molar refractivity (Wildman–Crippen MR) is 122 cm³/mol. The average Bonchev–Trinajstić information content (AvgIpc) is 3.17. The fourth-order valence-corrected chi connectivity index (χ4v) is 4.09. The van der Waals surface area contributed by atoms with Crippen LogP contribution in [0, 0.1) is 19.7 Å². The van der Waals surface area contributed by atoms with E-state index in [0.717, 1.165) is 28.1 Å². The third-order valence-electron chi connectivity index (χ3n) is 4.59. The SMILES string of the molecule is Cc1cc(C)cc(NC(=O)CSc2nnc(-c3ccccc3)n2-c2ccc(F)cc2)c1. The van der Waals surface area contributed by atoms with Gasteiger partial charge < -0.3 is 5.32 Å². The summed E-state index contributed by atoms with van der Waals surface area (Å²) >= 11 is 1.28. The third-order valence-corrected chi connectivity index (χ3v) is 5.52. The van der Waals surface area contributed by atoms with Crippen molar-refractivity contribution in [2.75, 3.05) is 11.1 Å². The Labute approximate surface area is 184 Å². The monoisotopic (exact) mass is 432 g/mol. The van der Waals surface area contributed by atoms with Crippen molar-refractivity contribution in [3.05, 3.63) is 89.7 Å². The summed E-state index contributed by atoms with van der Waals surface area (Å²) in [5, 5.41) is 12.1. The molecule has 4 aromatic rings. The van der Waals surface area contributed by atoms with E-state index >= 15 is 0 Å². The molecule has 0 saturated heterocycles. The van der Waals surface area contributed by atoms with Crippen molar-refractivity contribution in [2.45, 2.75) is 19.0 Å². The summed E-state index contributed by atoms with van der Waals surface area (Å²) in [6, 6.07) is 21.7. The summed E-state index contributed by atoms with van der Waals surface area (Å²) in [5.74, 6) is 0.343. The second kappa shape index (κ2) is 9.14. The highest BCUT2D eigenvalue weighted by molar-refractivity contribution is 7.99. The largest absolute Gasteiger partial charge is 0.325 e. The van der Waals surface area contributed by atoms with E-state index in [0.29, 0.717) is 11.0 Å². The number of amides is 1. The molecule has 31 heavy (non-hydrogen) atoms. The first kappa shape index (κ1) is 20.8. The van der Waals surface area contributed by atoms with Gasteiger partial charge in [-0.2, -0.15) is 0 Å². The highest BCUT2D eigenvalue weighted by Gasteiger charge is 2.17. The van der Waals surface area contributed by atoms with Gasteiger partial charge in [0.15, 0.2) is 11.0 Å². The molecule has 0 spiro atoms. The van der Waals surface area contributed by atoms with Crippen molar-refractivity contribution in [3.8, 4) is 17.1 Å². The Hall–Kier alpha value is -3.45. The number of aromatic nitrogens is 3. The fourth-order valence-electron chi connectivity index (χ4n) is 3.33.